The van der Waals surface area contributed by atoms with Gasteiger partial charge in [-0.25, -0.2) is 0 Å². The molecule has 0 saturated heterocycles. The molecular formula is C8H7IN2. The van der Waals surface area contributed by atoms with E-state index in [1.165, 1.54) is 14.7 Å². The lowest BCUT2D eigenvalue weighted by molar-refractivity contribution is 1.27. The molecule has 0 aromatic carbocycles. The zero-order chi connectivity index (χ0) is 7.84. The molecule has 0 aliphatic heterocycles. The molecule has 2 aromatic rings. The number of rotatable bonds is 0. The first-order valence-corrected chi connectivity index (χ1v) is 4.44. The van der Waals surface area contributed by atoms with Gasteiger partial charge in [0.1, 0.15) is 0 Å². The fraction of sp³-hybridized carbons (Fsp3) is 0.125. The zero-order valence-corrected chi connectivity index (χ0v) is 8.21. The van der Waals surface area contributed by atoms with Crippen molar-refractivity contribution in [1.82, 2.24) is 9.97 Å². The molecule has 0 saturated carbocycles. The lowest BCUT2D eigenvalue weighted by atomic mass is 10.3. The van der Waals surface area contributed by atoms with Crippen LogP contribution in [0.5, 0.6) is 0 Å². The van der Waals surface area contributed by atoms with E-state index < -0.39 is 0 Å². The van der Waals surface area contributed by atoms with E-state index in [2.05, 4.69) is 39.5 Å². The normalized spacial score (nSPS) is 10.7. The maximum atomic E-state index is 4.03. The van der Waals surface area contributed by atoms with Crippen molar-refractivity contribution >= 4 is 33.5 Å². The molecule has 0 fully saturated rings. The number of hydrogen-bond acceptors (Lipinski definition) is 1. The third kappa shape index (κ3) is 1.03. The third-order valence-electron chi connectivity index (χ3n) is 1.71. The standard InChI is InChI=1S/C8H7IN2/c1-5-8(9)6-2-3-10-4-7(6)11-5/h2-4,11H,1H3. The molecule has 0 atom stereocenters. The second kappa shape index (κ2) is 2.48. The Balaban J connectivity index is 2.92. The Morgan fingerprint density at radius 2 is 2.36 bits per heavy atom. The number of halogens is 1. The van der Waals surface area contributed by atoms with Gasteiger partial charge in [0.05, 0.1) is 11.7 Å². The van der Waals surface area contributed by atoms with Gasteiger partial charge in [0.25, 0.3) is 0 Å². The molecule has 56 valence electrons. The predicted octanol–water partition coefficient (Wildman–Crippen LogP) is 2.48. The Morgan fingerprint density at radius 3 is 3.09 bits per heavy atom. The van der Waals surface area contributed by atoms with Crippen LogP contribution in [0.4, 0.5) is 0 Å². The number of nitrogens with zero attached hydrogens (tertiary/aromatic N) is 1. The van der Waals surface area contributed by atoms with Gasteiger partial charge >= 0.3 is 0 Å². The summed E-state index contributed by atoms with van der Waals surface area (Å²) in [5, 5.41) is 1.26. The summed E-state index contributed by atoms with van der Waals surface area (Å²) in [6.07, 6.45) is 3.67. The number of nitrogens with one attached hydrogen (secondary N) is 1. The van der Waals surface area contributed by atoms with Crippen LogP contribution in [0.2, 0.25) is 0 Å². The summed E-state index contributed by atoms with van der Waals surface area (Å²) >= 11 is 2.34. The third-order valence-corrected chi connectivity index (χ3v) is 3.10. The second-order valence-corrected chi connectivity index (χ2v) is 3.56. The minimum Gasteiger partial charge on any atom is -0.356 e. The van der Waals surface area contributed by atoms with E-state index in [0.717, 1.165) is 5.52 Å². The topological polar surface area (TPSA) is 28.7 Å². The minimum absolute atomic E-state index is 1.12. The summed E-state index contributed by atoms with van der Waals surface area (Å²) in [5.41, 5.74) is 2.34. The summed E-state index contributed by atoms with van der Waals surface area (Å²) in [4.78, 5) is 7.29. The first-order chi connectivity index (χ1) is 5.29. The fourth-order valence-electron chi connectivity index (χ4n) is 1.14. The number of hydrogen-bond donors (Lipinski definition) is 1. The van der Waals surface area contributed by atoms with Crippen LogP contribution in [0.25, 0.3) is 10.9 Å². The average Bonchev–Trinajstić information content (AvgIpc) is 2.30. The SMILES string of the molecule is Cc1[nH]c2cnccc2c1I. The van der Waals surface area contributed by atoms with Gasteiger partial charge < -0.3 is 4.98 Å². The molecule has 11 heavy (non-hydrogen) atoms. The molecule has 2 nitrogen and oxygen atoms in total. The van der Waals surface area contributed by atoms with Crippen LogP contribution in [0.1, 0.15) is 5.69 Å². The molecule has 0 spiro atoms. The van der Waals surface area contributed by atoms with Gasteiger partial charge in [0.15, 0.2) is 0 Å². The van der Waals surface area contributed by atoms with Crippen molar-refractivity contribution in [2.75, 3.05) is 0 Å². The van der Waals surface area contributed by atoms with Crippen molar-refractivity contribution in [2.24, 2.45) is 0 Å². The minimum atomic E-state index is 1.12. The van der Waals surface area contributed by atoms with Gasteiger partial charge in [-0.2, -0.15) is 0 Å². The number of aromatic nitrogens is 2. The quantitative estimate of drug-likeness (QED) is 0.722. The molecule has 0 amide bonds. The fourth-order valence-corrected chi connectivity index (χ4v) is 1.75. The summed E-state index contributed by atoms with van der Waals surface area (Å²) in [7, 11) is 0. The van der Waals surface area contributed by atoms with Gasteiger partial charge in [0, 0.05) is 20.8 Å². The van der Waals surface area contributed by atoms with Crippen molar-refractivity contribution in [2.45, 2.75) is 6.92 Å². The van der Waals surface area contributed by atoms with Crippen LogP contribution < -0.4 is 0 Å². The molecule has 2 heterocycles. The molecule has 2 aromatic heterocycles. The highest BCUT2D eigenvalue weighted by molar-refractivity contribution is 14.1. The molecule has 0 radical (unpaired) electrons. The highest BCUT2D eigenvalue weighted by Crippen LogP contribution is 2.21. The Morgan fingerprint density at radius 1 is 1.55 bits per heavy atom. The number of fused-ring (bicyclic) bond motifs is 1. The highest BCUT2D eigenvalue weighted by Gasteiger charge is 2.02. The largest absolute Gasteiger partial charge is 0.356 e. The van der Waals surface area contributed by atoms with Gasteiger partial charge in [-0.15, -0.1) is 0 Å². The first kappa shape index (κ1) is 7.09. The van der Waals surface area contributed by atoms with Gasteiger partial charge in [-0.05, 0) is 35.6 Å². The van der Waals surface area contributed by atoms with E-state index in [-0.39, 0.29) is 0 Å². The van der Waals surface area contributed by atoms with Gasteiger partial charge in [0.2, 0.25) is 0 Å². The molecule has 0 aliphatic rings. The zero-order valence-electron chi connectivity index (χ0n) is 6.06. The molecular weight excluding hydrogens is 251 g/mol. The Labute approximate surface area is 78.2 Å². The van der Waals surface area contributed by atoms with Crippen molar-refractivity contribution in [3.63, 3.8) is 0 Å². The number of aryl methyl sites for hydroxylation is 1. The predicted molar refractivity (Wildman–Crippen MR) is 53.5 cm³/mol. The maximum absolute atomic E-state index is 4.03. The monoisotopic (exact) mass is 258 g/mol. The first-order valence-electron chi connectivity index (χ1n) is 3.37. The van der Waals surface area contributed by atoms with Crippen molar-refractivity contribution < 1.29 is 0 Å². The number of pyridine rings is 1. The van der Waals surface area contributed by atoms with Crippen LogP contribution in [0.15, 0.2) is 18.5 Å². The number of aromatic amines is 1. The number of H-pyrrole nitrogens is 1. The Bertz CT molecular complexity index is 392. The molecule has 0 bridgehead atoms. The van der Waals surface area contributed by atoms with Crippen LogP contribution in [0, 0.1) is 10.5 Å². The van der Waals surface area contributed by atoms with Crippen molar-refractivity contribution in [1.29, 1.82) is 0 Å². The summed E-state index contributed by atoms with van der Waals surface area (Å²) in [6.45, 7) is 2.07. The highest BCUT2D eigenvalue weighted by atomic mass is 127. The lowest BCUT2D eigenvalue weighted by Crippen LogP contribution is -1.70. The van der Waals surface area contributed by atoms with Crippen molar-refractivity contribution in [3.8, 4) is 0 Å². The molecule has 2 rings (SSSR count). The smallest absolute Gasteiger partial charge is 0.0653 e. The van der Waals surface area contributed by atoms with E-state index in [9.17, 15) is 0 Å². The van der Waals surface area contributed by atoms with Crippen LogP contribution in [-0.2, 0) is 0 Å². The average molecular weight is 258 g/mol. The summed E-state index contributed by atoms with van der Waals surface area (Å²) < 4.78 is 1.29. The van der Waals surface area contributed by atoms with E-state index >= 15 is 0 Å². The summed E-state index contributed by atoms with van der Waals surface area (Å²) in [6, 6.07) is 2.03. The van der Waals surface area contributed by atoms with E-state index in [1.54, 1.807) is 0 Å². The Kier molecular flexibility index (Phi) is 1.60. The Hall–Kier alpha value is -0.580. The van der Waals surface area contributed by atoms with E-state index in [0.29, 0.717) is 0 Å². The molecule has 0 unspecified atom stereocenters. The molecule has 0 aliphatic carbocycles. The van der Waals surface area contributed by atoms with Crippen molar-refractivity contribution in [3.05, 3.63) is 27.7 Å². The van der Waals surface area contributed by atoms with Crippen LogP contribution in [0.3, 0.4) is 0 Å². The van der Waals surface area contributed by atoms with Gasteiger partial charge in [-0.3, -0.25) is 4.98 Å². The maximum Gasteiger partial charge on any atom is 0.0653 e. The van der Waals surface area contributed by atoms with E-state index in [4.69, 9.17) is 0 Å². The van der Waals surface area contributed by atoms with Crippen LogP contribution >= 0.6 is 22.6 Å². The van der Waals surface area contributed by atoms with Gasteiger partial charge in [-0.1, -0.05) is 0 Å². The van der Waals surface area contributed by atoms with E-state index in [1.807, 2.05) is 18.5 Å². The molecule has 1 N–H and O–H groups in total. The molecule has 3 heteroatoms. The summed E-state index contributed by atoms with van der Waals surface area (Å²) in [5.74, 6) is 0. The lowest BCUT2D eigenvalue weighted by Gasteiger charge is -1.85. The second-order valence-electron chi connectivity index (χ2n) is 2.49. The van der Waals surface area contributed by atoms with Crippen LogP contribution in [-0.4, -0.2) is 9.97 Å².